The van der Waals surface area contributed by atoms with Gasteiger partial charge in [0.1, 0.15) is 11.2 Å². The Labute approximate surface area is 198 Å². The summed E-state index contributed by atoms with van der Waals surface area (Å²) in [6.45, 7) is 3.83. The zero-order valence-electron chi connectivity index (χ0n) is 19.8. The van der Waals surface area contributed by atoms with Crippen LogP contribution in [0.15, 0.2) is 35.6 Å². The molecule has 3 N–H and O–H groups in total. The second-order valence-electron chi connectivity index (χ2n) is 9.37. The van der Waals surface area contributed by atoms with Crippen LogP contribution in [0.3, 0.4) is 0 Å². The summed E-state index contributed by atoms with van der Waals surface area (Å²) >= 11 is 0. The molecule has 3 heterocycles. The van der Waals surface area contributed by atoms with E-state index in [1.807, 2.05) is 29.3 Å². The van der Waals surface area contributed by atoms with Crippen molar-refractivity contribution in [2.24, 2.45) is 10.5 Å². The van der Waals surface area contributed by atoms with Gasteiger partial charge >= 0.3 is 0 Å². The third-order valence-corrected chi connectivity index (χ3v) is 7.01. The summed E-state index contributed by atoms with van der Waals surface area (Å²) in [4.78, 5) is 19.5. The zero-order valence-corrected chi connectivity index (χ0v) is 19.8. The molecule has 2 aliphatic rings. The molecule has 10 heteroatoms. The van der Waals surface area contributed by atoms with Crippen molar-refractivity contribution in [2.75, 3.05) is 37.9 Å². The van der Waals surface area contributed by atoms with Gasteiger partial charge in [-0.1, -0.05) is 13.0 Å². The molecule has 0 spiro atoms. The first-order valence-electron chi connectivity index (χ1n) is 11.6. The minimum Gasteiger partial charge on any atom is -0.479 e. The van der Waals surface area contributed by atoms with Crippen LogP contribution in [-0.4, -0.2) is 58.7 Å². The molecule has 2 fully saturated rings. The normalized spacial score (nSPS) is 21.9. The first-order valence-corrected chi connectivity index (χ1v) is 11.6. The van der Waals surface area contributed by atoms with Gasteiger partial charge in [0.05, 0.1) is 18.2 Å². The molecule has 5 rings (SSSR count). The molecule has 1 aliphatic carbocycles. The quantitative estimate of drug-likeness (QED) is 0.450. The summed E-state index contributed by atoms with van der Waals surface area (Å²) in [6, 6.07) is 7.78. The molecule has 1 amide bonds. The molecular formula is C24H30N8O2. The monoisotopic (exact) mass is 462 g/mol. The Bertz CT molecular complexity index is 1240. The third-order valence-electron chi connectivity index (χ3n) is 7.01. The van der Waals surface area contributed by atoms with Gasteiger partial charge in [-0.05, 0) is 49.4 Å². The molecule has 0 unspecified atom stereocenters. The molecule has 34 heavy (non-hydrogen) atoms. The Morgan fingerprint density at radius 1 is 1.26 bits per heavy atom. The number of rotatable bonds is 7. The topological polar surface area (TPSA) is 120 Å². The summed E-state index contributed by atoms with van der Waals surface area (Å²) in [7, 11) is 3.40. The maximum atomic E-state index is 12.9. The van der Waals surface area contributed by atoms with E-state index in [2.05, 4.69) is 32.8 Å². The molecular weight excluding hydrogens is 432 g/mol. The first-order chi connectivity index (χ1) is 16.5. The van der Waals surface area contributed by atoms with E-state index in [1.54, 1.807) is 24.7 Å². The van der Waals surface area contributed by atoms with E-state index in [1.165, 1.54) is 0 Å². The number of aromatic nitrogens is 3. The number of amides is 1. The maximum absolute atomic E-state index is 12.9. The number of carbonyl (C=O) groups excluding carboxylic acids is 1. The lowest BCUT2D eigenvalue weighted by molar-refractivity contribution is -0.145. The molecule has 1 saturated heterocycles. The number of nitrogens with one attached hydrogen (secondary N) is 3. The Hall–Kier alpha value is -3.69. The molecule has 178 valence electrons. The molecule has 1 aromatic carbocycles. The summed E-state index contributed by atoms with van der Waals surface area (Å²) in [5.74, 6) is 1.22. The maximum Gasteiger partial charge on any atom is 0.244 e. The molecule has 0 radical (unpaired) electrons. The second-order valence-corrected chi connectivity index (χ2v) is 9.37. The van der Waals surface area contributed by atoms with Crippen molar-refractivity contribution in [3.05, 3.63) is 30.5 Å². The predicted octanol–water partition coefficient (Wildman–Crippen LogP) is 4.31. The molecule has 2 aromatic heterocycles. The number of methoxy groups -OCH3 is 1. The summed E-state index contributed by atoms with van der Waals surface area (Å²) in [6.07, 6.45) is 5.63. The number of hydrogen-bond acceptors (Lipinski definition) is 8. The number of likely N-dealkylation sites (tertiary alicyclic amines) is 1. The van der Waals surface area contributed by atoms with Crippen molar-refractivity contribution in [1.82, 2.24) is 19.5 Å². The lowest BCUT2D eigenvalue weighted by Gasteiger charge is -2.45. The van der Waals surface area contributed by atoms with E-state index in [0.717, 1.165) is 61.1 Å². The number of hydrogen-bond donors (Lipinski definition) is 3. The van der Waals surface area contributed by atoms with Crippen molar-refractivity contribution in [1.29, 1.82) is 5.53 Å². The number of anilines is 2. The highest BCUT2D eigenvalue weighted by atomic mass is 16.5. The Kier molecular flexibility index (Phi) is 5.59. The van der Waals surface area contributed by atoms with Crippen molar-refractivity contribution in [3.8, 4) is 17.0 Å². The smallest absolute Gasteiger partial charge is 0.244 e. The van der Waals surface area contributed by atoms with E-state index < -0.39 is 0 Å². The fourth-order valence-electron chi connectivity index (χ4n) is 5.22. The van der Waals surface area contributed by atoms with Crippen LogP contribution in [0, 0.1) is 10.9 Å². The highest BCUT2D eigenvalue weighted by Gasteiger charge is 2.48. The van der Waals surface area contributed by atoms with E-state index in [0.29, 0.717) is 17.5 Å². The van der Waals surface area contributed by atoms with Gasteiger partial charge in [0, 0.05) is 37.9 Å². The van der Waals surface area contributed by atoms with E-state index >= 15 is 0 Å². The van der Waals surface area contributed by atoms with Gasteiger partial charge in [0.25, 0.3) is 0 Å². The minimum absolute atomic E-state index is 0.146. The number of benzene rings is 1. The number of ether oxygens (including phenoxy) is 1. The van der Waals surface area contributed by atoms with Crippen LogP contribution in [-0.2, 0) is 4.79 Å². The largest absolute Gasteiger partial charge is 0.479 e. The van der Waals surface area contributed by atoms with E-state index in [4.69, 9.17) is 10.3 Å². The zero-order chi connectivity index (χ0) is 23.9. The van der Waals surface area contributed by atoms with Gasteiger partial charge in [-0.15, -0.1) is 5.10 Å². The lowest BCUT2D eigenvalue weighted by Crippen LogP contribution is -2.53. The SMILES string of the molecule is CNc1cc(-c2ccn3nc(NC4CC(C)(C(=O)N5CCCC5)C4)nc(OC)c23)ccc1N=N. The van der Waals surface area contributed by atoms with Gasteiger partial charge in [0.2, 0.25) is 17.7 Å². The predicted molar refractivity (Wildman–Crippen MR) is 130 cm³/mol. The minimum atomic E-state index is -0.306. The van der Waals surface area contributed by atoms with E-state index in [-0.39, 0.29) is 17.4 Å². The van der Waals surface area contributed by atoms with Crippen LogP contribution < -0.4 is 15.4 Å². The van der Waals surface area contributed by atoms with Crippen LogP contribution in [0.5, 0.6) is 5.88 Å². The van der Waals surface area contributed by atoms with E-state index in [9.17, 15) is 4.79 Å². The van der Waals surface area contributed by atoms with Gasteiger partial charge in [0.15, 0.2) is 0 Å². The molecule has 1 aliphatic heterocycles. The third kappa shape index (κ3) is 3.72. The number of nitrogens with zero attached hydrogens (tertiary/aromatic N) is 5. The van der Waals surface area contributed by atoms with Crippen LogP contribution in [0.2, 0.25) is 0 Å². The lowest BCUT2D eigenvalue weighted by atomic mass is 9.66. The molecule has 10 nitrogen and oxygen atoms in total. The molecule has 3 aromatic rings. The average Bonchev–Trinajstić information content (AvgIpc) is 3.52. The summed E-state index contributed by atoms with van der Waals surface area (Å²) in [5.41, 5.74) is 11.0. The number of carbonyl (C=O) groups is 1. The second kappa shape index (κ2) is 8.58. The van der Waals surface area contributed by atoms with Crippen LogP contribution in [0.25, 0.3) is 16.6 Å². The Morgan fingerprint density at radius 3 is 2.71 bits per heavy atom. The highest BCUT2D eigenvalue weighted by molar-refractivity contribution is 5.87. The standard InChI is InChI=1S/C24H30N8O2/c1-24(22(33)31-9-4-5-10-31)13-16(14-24)27-23-28-21(34-3)20-17(8-11-32(20)30-23)15-6-7-18(29-25)19(12-15)26-2/h6-8,11-12,16,25-26H,4-5,9-10,13-14H2,1-3H3,(H,27,30). The summed E-state index contributed by atoms with van der Waals surface area (Å²) in [5, 5.41) is 14.7. The fraction of sp³-hybridized carbons (Fsp3) is 0.458. The Morgan fingerprint density at radius 2 is 2.03 bits per heavy atom. The Balaban J connectivity index is 1.37. The van der Waals surface area contributed by atoms with Gasteiger partial charge in [-0.3, -0.25) is 4.79 Å². The van der Waals surface area contributed by atoms with Crippen molar-refractivity contribution >= 4 is 28.7 Å². The molecule has 0 bridgehead atoms. The van der Waals surface area contributed by atoms with Crippen LogP contribution >= 0.6 is 0 Å². The van der Waals surface area contributed by atoms with Crippen molar-refractivity contribution < 1.29 is 9.53 Å². The highest BCUT2D eigenvalue weighted by Crippen LogP contribution is 2.44. The molecule has 1 saturated carbocycles. The number of fused-ring (bicyclic) bond motifs is 1. The van der Waals surface area contributed by atoms with Crippen LogP contribution in [0.4, 0.5) is 17.3 Å². The van der Waals surface area contributed by atoms with Crippen LogP contribution in [0.1, 0.15) is 32.6 Å². The van der Waals surface area contributed by atoms with Crippen molar-refractivity contribution in [2.45, 2.75) is 38.6 Å². The first kappa shape index (κ1) is 22.1. The van der Waals surface area contributed by atoms with Gasteiger partial charge in [-0.2, -0.15) is 10.1 Å². The summed E-state index contributed by atoms with van der Waals surface area (Å²) < 4.78 is 7.40. The van der Waals surface area contributed by atoms with Gasteiger partial charge in [-0.25, -0.2) is 10.0 Å². The average molecular weight is 463 g/mol. The fourth-order valence-corrected chi connectivity index (χ4v) is 5.22. The molecule has 0 atom stereocenters. The van der Waals surface area contributed by atoms with Gasteiger partial charge < -0.3 is 20.3 Å². The van der Waals surface area contributed by atoms with Crippen molar-refractivity contribution in [3.63, 3.8) is 0 Å².